The number of carbonyl (C=O) groups is 6. The number of likely N-dealkylation sites (tertiary alicyclic amines) is 1. The molecule has 0 saturated carbocycles. The number of nitrogens with one attached hydrogen (secondary N) is 3. The van der Waals surface area contributed by atoms with Gasteiger partial charge in [0, 0.05) is 43.9 Å². The van der Waals surface area contributed by atoms with Crippen LogP contribution in [0, 0.1) is 5.92 Å². The van der Waals surface area contributed by atoms with E-state index < -0.39 is 35.6 Å². The van der Waals surface area contributed by atoms with Crippen molar-refractivity contribution in [1.82, 2.24) is 39.9 Å². The van der Waals surface area contributed by atoms with Crippen molar-refractivity contribution in [2.75, 3.05) is 103 Å². The Kier molecular flexibility index (Phi) is 17.5. The van der Waals surface area contributed by atoms with Crippen molar-refractivity contribution in [2.45, 2.75) is 50.7 Å². The van der Waals surface area contributed by atoms with Crippen LogP contribution in [0.2, 0.25) is 0 Å². The number of para-hydroxylation sites is 1. The van der Waals surface area contributed by atoms with Gasteiger partial charge in [-0.2, -0.15) is 5.10 Å². The summed E-state index contributed by atoms with van der Waals surface area (Å²) < 4.78 is 37.5. The number of aromatic nitrogens is 5. The van der Waals surface area contributed by atoms with Crippen LogP contribution in [0.15, 0.2) is 79.0 Å². The first kappa shape index (κ1) is 52.3. The number of fused-ring (bicyclic) bond motifs is 2. The molecule has 75 heavy (non-hydrogen) atoms. The first-order valence-corrected chi connectivity index (χ1v) is 25.3. The molecule has 0 aliphatic carbocycles. The van der Waals surface area contributed by atoms with Gasteiger partial charge in [-0.05, 0) is 86.2 Å². The van der Waals surface area contributed by atoms with Crippen LogP contribution in [0.1, 0.15) is 79.7 Å². The number of benzene rings is 3. The lowest BCUT2D eigenvalue weighted by Crippen LogP contribution is -2.54. The van der Waals surface area contributed by atoms with E-state index in [0.29, 0.717) is 127 Å². The zero-order valence-electron chi connectivity index (χ0n) is 41.5. The highest BCUT2D eigenvalue weighted by atomic mass is 16.6. The van der Waals surface area contributed by atoms with Gasteiger partial charge in [0.2, 0.25) is 11.8 Å². The molecule has 4 aliphatic rings. The Morgan fingerprint density at radius 1 is 0.733 bits per heavy atom. The van der Waals surface area contributed by atoms with Gasteiger partial charge in [-0.15, -0.1) is 5.10 Å². The summed E-state index contributed by atoms with van der Waals surface area (Å²) in [5.74, 6) is -0.642. The first-order chi connectivity index (χ1) is 36.6. The predicted molar refractivity (Wildman–Crippen MR) is 269 cm³/mol. The van der Waals surface area contributed by atoms with E-state index in [9.17, 15) is 28.8 Å². The fourth-order valence-corrected chi connectivity index (χ4v) is 9.62. The summed E-state index contributed by atoms with van der Waals surface area (Å²) in [6, 6.07) is 20.8. The first-order valence-electron chi connectivity index (χ1n) is 25.3. The van der Waals surface area contributed by atoms with E-state index in [0.717, 1.165) is 35.5 Å². The molecule has 2 fully saturated rings. The van der Waals surface area contributed by atoms with E-state index in [1.807, 2.05) is 64.2 Å². The number of rotatable bonds is 26. The Bertz CT molecular complexity index is 2810. The summed E-state index contributed by atoms with van der Waals surface area (Å²) in [4.78, 5) is 78.8. The van der Waals surface area contributed by atoms with Gasteiger partial charge in [0.25, 0.3) is 23.6 Å². The molecule has 0 radical (unpaired) electrons. The molecule has 2 saturated heterocycles. The molecule has 396 valence electrons. The lowest BCUT2D eigenvalue weighted by Gasteiger charge is -2.38. The van der Waals surface area contributed by atoms with Crippen molar-refractivity contribution in [1.29, 1.82) is 0 Å². The standard InChI is InChI=1S/C52H61N11O12/c53-47(65)45-46(35-6-9-38(10-7-35)75-37-4-2-1-3-5-37)58-63-42(14-17-55-48(45)63)34-15-19-60(20-16-34)52(69)41-33-61(59-57-41)21-23-71-25-27-73-29-31-74-30-28-72-26-24-70-22-18-54-36-8-11-39-40(32-36)51(68)62(50(39)67)43-12-13-44(64)56-49(43)66/h1-11,32-34,42-43,54-55H,12-31H2,(H2,53,65)(H,56,64,66)/t42-,43?/m0/s1. The minimum atomic E-state index is -1.01. The lowest BCUT2D eigenvalue weighted by molar-refractivity contribution is -0.136. The number of nitrogens with two attached hydrogens (primary N) is 1. The minimum Gasteiger partial charge on any atom is -0.457 e. The van der Waals surface area contributed by atoms with E-state index >= 15 is 0 Å². The second kappa shape index (κ2) is 25.1. The Labute approximate surface area is 432 Å². The lowest BCUT2D eigenvalue weighted by atomic mass is 9.86. The number of piperidine rings is 2. The molecule has 2 atom stereocenters. The zero-order chi connectivity index (χ0) is 52.1. The molecule has 0 bridgehead atoms. The average molecular weight is 1030 g/mol. The van der Waals surface area contributed by atoms with E-state index in [1.54, 1.807) is 29.1 Å². The van der Waals surface area contributed by atoms with Gasteiger partial charge in [0.05, 0.1) is 96.0 Å². The minimum absolute atomic E-state index is 0.0304. The van der Waals surface area contributed by atoms with Gasteiger partial charge in [-0.25, -0.2) is 9.36 Å². The fourth-order valence-electron chi connectivity index (χ4n) is 9.62. The summed E-state index contributed by atoms with van der Waals surface area (Å²) in [7, 11) is 0. The largest absolute Gasteiger partial charge is 0.457 e. The highest BCUT2D eigenvalue weighted by Crippen LogP contribution is 2.40. The molecule has 5 N–H and O–H groups in total. The number of ether oxygens (including phenoxy) is 6. The Morgan fingerprint density at radius 2 is 1.39 bits per heavy atom. The summed E-state index contributed by atoms with van der Waals surface area (Å²) in [5, 5.41) is 22.0. The summed E-state index contributed by atoms with van der Waals surface area (Å²) in [5.41, 5.74) is 8.93. The van der Waals surface area contributed by atoms with Crippen molar-refractivity contribution in [3.8, 4) is 22.8 Å². The maximum Gasteiger partial charge on any atom is 0.276 e. The van der Waals surface area contributed by atoms with Crippen LogP contribution >= 0.6 is 0 Å². The van der Waals surface area contributed by atoms with Gasteiger partial charge < -0.3 is 49.7 Å². The Balaban J connectivity index is 0.588. The average Bonchev–Trinajstić information content (AvgIpc) is 4.13. The smallest absolute Gasteiger partial charge is 0.276 e. The van der Waals surface area contributed by atoms with Crippen LogP contribution in [0.3, 0.4) is 0 Å². The molecule has 0 spiro atoms. The van der Waals surface area contributed by atoms with Gasteiger partial charge in [-0.3, -0.25) is 39.0 Å². The van der Waals surface area contributed by atoms with Gasteiger partial charge in [0.15, 0.2) is 5.69 Å². The number of primary amides is 1. The molecule has 2 aromatic heterocycles. The van der Waals surface area contributed by atoms with E-state index in [4.69, 9.17) is 39.3 Å². The van der Waals surface area contributed by atoms with Crippen LogP contribution in [0.4, 0.5) is 11.5 Å². The number of nitrogens with zero attached hydrogens (tertiary/aromatic N) is 7. The molecule has 6 amide bonds. The Morgan fingerprint density at radius 3 is 2.07 bits per heavy atom. The third kappa shape index (κ3) is 12.9. The topological polar surface area (TPSA) is 275 Å². The molecule has 5 aromatic rings. The number of hydrogen-bond acceptors (Lipinski definition) is 17. The van der Waals surface area contributed by atoms with E-state index in [-0.39, 0.29) is 47.5 Å². The molecule has 9 rings (SSSR count). The van der Waals surface area contributed by atoms with Crippen LogP contribution < -0.4 is 26.4 Å². The third-order valence-electron chi connectivity index (χ3n) is 13.4. The molecule has 3 aromatic carbocycles. The maximum atomic E-state index is 13.5. The van der Waals surface area contributed by atoms with Crippen LogP contribution in [0.25, 0.3) is 11.3 Å². The van der Waals surface area contributed by atoms with Crippen molar-refractivity contribution < 1.29 is 57.2 Å². The van der Waals surface area contributed by atoms with Gasteiger partial charge >= 0.3 is 0 Å². The van der Waals surface area contributed by atoms with Crippen LogP contribution in [0.5, 0.6) is 11.5 Å². The quantitative estimate of drug-likeness (QED) is 0.0455. The molecule has 4 aliphatic heterocycles. The molecule has 23 nitrogen and oxygen atoms in total. The van der Waals surface area contributed by atoms with Crippen molar-refractivity contribution in [3.05, 3.63) is 101 Å². The maximum absolute atomic E-state index is 13.5. The number of amides is 6. The third-order valence-corrected chi connectivity index (χ3v) is 13.4. The second-order valence-electron chi connectivity index (χ2n) is 18.3. The monoisotopic (exact) mass is 1030 g/mol. The zero-order valence-corrected chi connectivity index (χ0v) is 41.5. The van der Waals surface area contributed by atoms with Crippen molar-refractivity contribution in [2.24, 2.45) is 11.7 Å². The normalized spacial score (nSPS) is 17.7. The van der Waals surface area contributed by atoms with E-state index in [2.05, 4.69) is 26.3 Å². The molecular weight excluding hydrogens is 971 g/mol. The number of hydrogen-bond donors (Lipinski definition) is 4. The molecule has 6 heterocycles. The Hall–Kier alpha value is -7.57. The number of anilines is 2. The number of carbonyl (C=O) groups excluding carboxylic acids is 6. The SMILES string of the molecule is NC(=O)c1c(-c2ccc(Oc3ccccc3)cc2)nn2c1NCC[C@H]2C1CCN(C(=O)c2cn(CCOCCOCCOCCOCCOCCNc3ccc4c(c3)C(=O)N(C3CCC(=O)NC3=O)C4=O)nn2)CC1. The molecule has 1 unspecified atom stereocenters. The van der Waals surface area contributed by atoms with E-state index in [1.165, 1.54) is 0 Å². The second-order valence-corrected chi connectivity index (χ2v) is 18.3. The highest BCUT2D eigenvalue weighted by molar-refractivity contribution is 6.23. The van der Waals surface area contributed by atoms with Crippen molar-refractivity contribution >= 4 is 46.9 Å². The summed E-state index contributed by atoms with van der Waals surface area (Å²) >= 11 is 0. The predicted octanol–water partition coefficient (Wildman–Crippen LogP) is 3.54. The number of imide groups is 2. The van der Waals surface area contributed by atoms with Gasteiger partial charge in [-0.1, -0.05) is 23.4 Å². The molecular formula is C52H61N11O12. The molecule has 23 heteroatoms. The van der Waals surface area contributed by atoms with Gasteiger partial charge in [0.1, 0.15) is 34.6 Å². The summed E-state index contributed by atoms with van der Waals surface area (Å²) in [6.07, 6.45) is 4.17. The van der Waals surface area contributed by atoms with Crippen LogP contribution in [-0.2, 0) is 39.8 Å². The van der Waals surface area contributed by atoms with Crippen molar-refractivity contribution in [3.63, 3.8) is 0 Å². The summed E-state index contributed by atoms with van der Waals surface area (Å²) in [6.45, 7) is 6.56. The fraction of sp³-hybridized carbons (Fsp3) is 0.442. The van der Waals surface area contributed by atoms with Crippen LogP contribution in [-0.4, -0.2) is 168 Å². The highest BCUT2D eigenvalue weighted by Gasteiger charge is 2.45.